The Balaban J connectivity index is 1.40. The second-order valence-electron chi connectivity index (χ2n) is 9.60. The highest BCUT2D eigenvalue weighted by atomic mass is 16.5. The molecule has 0 bridgehead atoms. The predicted molar refractivity (Wildman–Crippen MR) is 124 cm³/mol. The average Bonchev–Trinajstić information content (AvgIpc) is 3.60. The van der Waals surface area contributed by atoms with E-state index in [0.29, 0.717) is 30.7 Å². The summed E-state index contributed by atoms with van der Waals surface area (Å²) in [7, 11) is 0. The van der Waals surface area contributed by atoms with Crippen LogP contribution in [0.15, 0.2) is 45.4 Å². The van der Waals surface area contributed by atoms with Gasteiger partial charge in [-0.05, 0) is 55.4 Å². The zero-order valence-electron chi connectivity index (χ0n) is 19.1. The van der Waals surface area contributed by atoms with Gasteiger partial charge >= 0.3 is 0 Å². The number of aliphatic imine (C=N–C) groups is 1. The second-order valence-corrected chi connectivity index (χ2v) is 9.60. The normalized spacial score (nSPS) is 24.0. The van der Waals surface area contributed by atoms with Crippen LogP contribution in [0.3, 0.4) is 0 Å². The highest BCUT2D eigenvalue weighted by molar-refractivity contribution is 6.07. The fraction of sp³-hybridized carbons (Fsp3) is 0.538. The van der Waals surface area contributed by atoms with Crippen molar-refractivity contribution in [1.82, 2.24) is 15.0 Å². The summed E-state index contributed by atoms with van der Waals surface area (Å²) >= 11 is 0. The van der Waals surface area contributed by atoms with Gasteiger partial charge in [-0.3, -0.25) is 9.79 Å². The Labute approximate surface area is 189 Å². The number of piperidine rings is 1. The number of aryl methyl sites for hydroxylation is 1. The molecule has 3 aliphatic rings. The first kappa shape index (κ1) is 21.1. The lowest BCUT2D eigenvalue weighted by atomic mass is 9.83. The van der Waals surface area contributed by atoms with Crippen LogP contribution in [0.5, 0.6) is 0 Å². The van der Waals surface area contributed by atoms with Crippen molar-refractivity contribution in [3.63, 3.8) is 0 Å². The van der Waals surface area contributed by atoms with Gasteiger partial charge in [0.05, 0.1) is 12.5 Å². The molecular weight excluding hydrogens is 400 g/mol. The molecule has 0 N–H and O–H groups in total. The lowest BCUT2D eigenvalue weighted by Gasteiger charge is -2.38. The minimum absolute atomic E-state index is 0.0401. The number of likely N-dealkylation sites (tertiary alicyclic amines) is 1. The van der Waals surface area contributed by atoms with Crippen LogP contribution in [0, 0.1) is 5.92 Å². The van der Waals surface area contributed by atoms with Crippen molar-refractivity contribution in [2.75, 3.05) is 19.6 Å². The molecule has 2 fully saturated rings. The van der Waals surface area contributed by atoms with E-state index in [1.165, 1.54) is 16.7 Å². The van der Waals surface area contributed by atoms with Crippen molar-refractivity contribution >= 4 is 11.6 Å². The monoisotopic (exact) mass is 432 g/mol. The lowest BCUT2D eigenvalue weighted by molar-refractivity contribution is -0.137. The van der Waals surface area contributed by atoms with Crippen LogP contribution in [0.25, 0.3) is 0 Å². The summed E-state index contributed by atoms with van der Waals surface area (Å²) in [6, 6.07) is 8.87. The van der Waals surface area contributed by atoms with Crippen LogP contribution in [0.4, 0.5) is 0 Å². The molecule has 6 nitrogen and oxygen atoms in total. The maximum Gasteiger partial charge on any atom is 0.231 e. The number of benzene rings is 1. The first-order chi connectivity index (χ1) is 15.6. The maximum absolute atomic E-state index is 13.3. The van der Waals surface area contributed by atoms with Crippen LogP contribution in [0.1, 0.15) is 80.6 Å². The van der Waals surface area contributed by atoms with E-state index >= 15 is 0 Å². The second kappa shape index (κ2) is 9.00. The molecule has 1 aromatic heterocycles. The lowest BCUT2D eigenvalue weighted by Crippen LogP contribution is -2.44. The molecule has 1 amide bonds. The van der Waals surface area contributed by atoms with Crippen molar-refractivity contribution < 1.29 is 9.32 Å². The number of amides is 1. The van der Waals surface area contributed by atoms with Crippen LogP contribution < -0.4 is 0 Å². The molecular formula is C26H32N4O2. The van der Waals surface area contributed by atoms with Crippen LogP contribution in [-0.2, 0) is 11.2 Å². The summed E-state index contributed by atoms with van der Waals surface area (Å²) < 4.78 is 5.72. The third kappa shape index (κ3) is 4.27. The van der Waals surface area contributed by atoms with E-state index in [2.05, 4.69) is 53.2 Å². The van der Waals surface area contributed by atoms with Crippen molar-refractivity contribution in [3.05, 3.63) is 58.8 Å². The number of nitrogens with zero attached hydrogens (tertiary/aromatic N) is 4. The molecule has 0 spiro atoms. The van der Waals surface area contributed by atoms with E-state index < -0.39 is 0 Å². The van der Waals surface area contributed by atoms with Gasteiger partial charge in [-0.15, -0.1) is 0 Å². The number of carbonyl (C=O) groups is 1. The largest absolute Gasteiger partial charge is 0.341 e. The SMILES string of the molecule is CCc1ccc(C2CC(c3nc(C4=NCC(C)=C4)no3)CN(C(=O)C3CCCC3)C2)cc1. The fourth-order valence-corrected chi connectivity index (χ4v) is 5.33. The van der Waals surface area contributed by atoms with Crippen molar-refractivity contribution in [1.29, 1.82) is 0 Å². The molecule has 168 valence electrons. The first-order valence-corrected chi connectivity index (χ1v) is 12.0. The highest BCUT2D eigenvalue weighted by Gasteiger charge is 2.37. The van der Waals surface area contributed by atoms with Gasteiger partial charge in [0.15, 0.2) is 0 Å². The maximum atomic E-state index is 13.3. The zero-order valence-corrected chi connectivity index (χ0v) is 19.1. The summed E-state index contributed by atoms with van der Waals surface area (Å²) in [5.41, 5.74) is 4.61. The third-order valence-electron chi connectivity index (χ3n) is 7.23. The smallest absolute Gasteiger partial charge is 0.231 e. The van der Waals surface area contributed by atoms with E-state index in [1.807, 2.05) is 6.08 Å². The quantitative estimate of drug-likeness (QED) is 0.688. The first-order valence-electron chi connectivity index (χ1n) is 12.0. The summed E-state index contributed by atoms with van der Waals surface area (Å²) in [5.74, 6) is 1.97. The Bertz CT molecular complexity index is 1030. The number of hydrogen-bond acceptors (Lipinski definition) is 5. The summed E-state index contributed by atoms with van der Waals surface area (Å²) in [6.07, 6.45) is 8.32. The number of aromatic nitrogens is 2. The van der Waals surface area contributed by atoms with Crippen molar-refractivity contribution in [2.45, 2.75) is 64.2 Å². The predicted octanol–water partition coefficient (Wildman–Crippen LogP) is 4.67. The van der Waals surface area contributed by atoms with Gasteiger partial charge in [-0.1, -0.05) is 49.2 Å². The molecule has 32 heavy (non-hydrogen) atoms. The molecule has 5 rings (SSSR count). The van der Waals surface area contributed by atoms with E-state index in [9.17, 15) is 4.79 Å². The van der Waals surface area contributed by atoms with E-state index in [0.717, 1.165) is 50.8 Å². The highest BCUT2D eigenvalue weighted by Crippen LogP contribution is 2.37. The molecule has 6 heteroatoms. The molecule has 1 saturated carbocycles. The minimum atomic E-state index is 0.0401. The van der Waals surface area contributed by atoms with Crippen molar-refractivity contribution in [3.8, 4) is 0 Å². The Morgan fingerprint density at radius 2 is 1.88 bits per heavy atom. The van der Waals surface area contributed by atoms with Crippen molar-refractivity contribution in [2.24, 2.45) is 10.9 Å². The van der Waals surface area contributed by atoms with Crippen LogP contribution in [-0.4, -0.2) is 46.3 Å². The van der Waals surface area contributed by atoms with Gasteiger partial charge in [0.2, 0.25) is 17.6 Å². The molecule has 2 aliphatic heterocycles. The number of carbonyl (C=O) groups excluding carboxylic acids is 1. The Morgan fingerprint density at radius 1 is 1.12 bits per heavy atom. The number of hydrogen-bond donors (Lipinski definition) is 0. The molecule has 1 aliphatic carbocycles. The summed E-state index contributed by atoms with van der Waals surface area (Å²) in [6.45, 7) is 6.35. The molecule has 1 saturated heterocycles. The molecule has 2 atom stereocenters. The molecule has 0 radical (unpaired) electrons. The summed E-state index contributed by atoms with van der Waals surface area (Å²) in [5, 5.41) is 4.21. The van der Waals surface area contributed by atoms with Gasteiger partial charge < -0.3 is 9.42 Å². The van der Waals surface area contributed by atoms with Crippen LogP contribution >= 0.6 is 0 Å². The van der Waals surface area contributed by atoms with Gasteiger partial charge in [-0.2, -0.15) is 4.98 Å². The van der Waals surface area contributed by atoms with Gasteiger partial charge in [0, 0.05) is 24.9 Å². The van der Waals surface area contributed by atoms with Gasteiger partial charge in [0.25, 0.3) is 0 Å². The fourth-order valence-electron chi connectivity index (χ4n) is 5.33. The van der Waals surface area contributed by atoms with Gasteiger partial charge in [-0.25, -0.2) is 0 Å². The molecule has 3 heterocycles. The average molecular weight is 433 g/mol. The molecule has 2 unspecified atom stereocenters. The molecule has 2 aromatic rings. The molecule has 1 aromatic carbocycles. The van der Waals surface area contributed by atoms with Gasteiger partial charge in [0.1, 0.15) is 5.71 Å². The Hall–Kier alpha value is -2.76. The summed E-state index contributed by atoms with van der Waals surface area (Å²) in [4.78, 5) is 24.6. The zero-order chi connectivity index (χ0) is 22.1. The third-order valence-corrected chi connectivity index (χ3v) is 7.23. The Kier molecular flexibility index (Phi) is 5.94. The van der Waals surface area contributed by atoms with E-state index in [-0.39, 0.29) is 17.8 Å². The number of allylic oxidation sites excluding steroid dienone is 1. The minimum Gasteiger partial charge on any atom is -0.341 e. The van der Waals surface area contributed by atoms with E-state index in [1.54, 1.807) is 0 Å². The topological polar surface area (TPSA) is 71.6 Å². The Morgan fingerprint density at radius 3 is 2.56 bits per heavy atom. The van der Waals surface area contributed by atoms with Crippen LogP contribution in [0.2, 0.25) is 0 Å². The standard InChI is InChI=1S/C26H32N4O2/c1-3-18-8-10-19(11-9-18)21-13-22(16-30(15-21)26(31)20-6-4-5-7-20)25-28-24(29-32-25)23-12-17(2)14-27-23/h8-12,20-22H,3-7,13-16H2,1-2H3. The number of rotatable bonds is 5. The van der Waals surface area contributed by atoms with E-state index in [4.69, 9.17) is 9.51 Å².